The Morgan fingerprint density at radius 2 is 1.84 bits per heavy atom. The van der Waals surface area contributed by atoms with E-state index in [-0.39, 0.29) is 5.82 Å². The lowest BCUT2D eigenvalue weighted by Crippen LogP contribution is -2.14. The Hall–Kier alpha value is -1.19. The van der Waals surface area contributed by atoms with Crippen molar-refractivity contribution in [3.63, 3.8) is 0 Å². The van der Waals surface area contributed by atoms with Crippen LogP contribution in [-0.2, 0) is 6.54 Å². The molecule has 0 atom stereocenters. The molecule has 0 fully saturated rings. The molecule has 0 spiro atoms. The molecule has 0 unspecified atom stereocenters. The van der Waals surface area contributed by atoms with Crippen LogP contribution in [0.25, 0.3) is 11.1 Å². The van der Waals surface area contributed by atoms with Gasteiger partial charge in [0.25, 0.3) is 0 Å². The van der Waals surface area contributed by atoms with Gasteiger partial charge in [0.15, 0.2) is 0 Å². The molecule has 3 heteroatoms. The summed E-state index contributed by atoms with van der Waals surface area (Å²) in [4.78, 5) is 0. The van der Waals surface area contributed by atoms with E-state index >= 15 is 0 Å². The highest BCUT2D eigenvalue weighted by molar-refractivity contribution is 9.10. The Labute approximate surface area is 122 Å². The van der Waals surface area contributed by atoms with Gasteiger partial charge in [0, 0.05) is 11.0 Å². The molecule has 0 saturated carbocycles. The molecule has 0 aliphatic heterocycles. The van der Waals surface area contributed by atoms with Gasteiger partial charge >= 0.3 is 0 Å². The van der Waals surface area contributed by atoms with Crippen LogP contribution in [0.1, 0.15) is 18.9 Å². The molecule has 0 aliphatic carbocycles. The van der Waals surface area contributed by atoms with E-state index in [4.69, 9.17) is 0 Å². The van der Waals surface area contributed by atoms with Crippen molar-refractivity contribution < 1.29 is 4.39 Å². The molecule has 2 aromatic carbocycles. The van der Waals surface area contributed by atoms with E-state index in [0.717, 1.165) is 40.7 Å². The van der Waals surface area contributed by atoms with Gasteiger partial charge in [-0.15, -0.1) is 0 Å². The van der Waals surface area contributed by atoms with Crippen LogP contribution in [0.4, 0.5) is 4.39 Å². The molecule has 0 radical (unpaired) electrons. The van der Waals surface area contributed by atoms with E-state index in [0.29, 0.717) is 0 Å². The average molecular weight is 322 g/mol. The summed E-state index contributed by atoms with van der Waals surface area (Å²) in [6, 6.07) is 12.9. The molecule has 1 N–H and O–H groups in total. The topological polar surface area (TPSA) is 12.0 Å². The van der Waals surface area contributed by atoms with Gasteiger partial charge in [-0.1, -0.05) is 41.1 Å². The van der Waals surface area contributed by atoms with Crippen LogP contribution in [0.5, 0.6) is 0 Å². The van der Waals surface area contributed by atoms with Crippen LogP contribution in [0.15, 0.2) is 46.9 Å². The third-order valence-electron chi connectivity index (χ3n) is 2.97. The van der Waals surface area contributed by atoms with Gasteiger partial charge in [0.1, 0.15) is 5.82 Å². The summed E-state index contributed by atoms with van der Waals surface area (Å²) in [7, 11) is 0. The van der Waals surface area contributed by atoms with Crippen molar-refractivity contribution in [2.75, 3.05) is 6.54 Å². The van der Waals surface area contributed by atoms with Crippen molar-refractivity contribution in [1.82, 2.24) is 5.32 Å². The van der Waals surface area contributed by atoms with E-state index < -0.39 is 0 Å². The summed E-state index contributed by atoms with van der Waals surface area (Å²) in [5, 5.41) is 3.36. The number of hydrogen-bond donors (Lipinski definition) is 1. The number of hydrogen-bond acceptors (Lipinski definition) is 1. The first kappa shape index (κ1) is 14.2. The molecule has 1 nitrogen and oxygen atoms in total. The van der Waals surface area contributed by atoms with Crippen LogP contribution in [0, 0.1) is 5.82 Å². The summed E-state index contributed by atoms with van der Waals surface area (Å²) in [5.41, 5.74) is 3.12. The summed E-state index contributed by atoms with van der Waals surface area (Å²) >= 11 is 3.42. The first-order chi connectivity index (χ1) is 9.20. The van der Waals surface area contributed by atoms with Gasteiger partial charge in [-0.05, 0) is 53.9 Å². The standard InChI is InChI=1S/C16H17BrFN/c1-2-9-19-11-13-5-8-15(18)10-16(13)12-3-6-14(17)7-4-12/h3-8,10,19H,2,9,11H2,1H3. The fraction of sp³-hybridized carbons (Fsp3) is 0.250. The van der Waals surface area contributed by atoms with Gasteiger partial charge in [0.2, 0.25) is 0 Å². The lowest BCUT2D eigenvalue weighted by atomic mass is 9.99. The monoisotopic (exact) mass is 321 g/mol. The molecule has 0 aromatic heterocycles. The Balaban J connectivity index is 2.31. The molecule has 0 amide bonds. The van der Waals surface area contributed by atoms with Crippen LogP contribution < -0.4 is 5.32 Å². The molecule has 0 saturated heterocycles. The Morgan fingerprint density at radius 1 is 1.11 bits per heavy atom. The predicted octanol–water partition coefficient (Wildman–Crippen LogP) is 4.75. The third-order valence-corrected chi connectivity index (χ3v) is 3.50. The molecule has 19 heavy (non-hydrogen) atoms. The zero-order valence-corrected chi connectivity index (χ0v) is 12.5. The van der Waals surface area contributed by atoms with Gasteiger partial charge in [-0.2, -0.15) is 0 Å². The van der Waals surface area contributed by atoms with Crippen molar-refractivity contribution in [3.8, 4) is 11.1 Å². The fourth-order valence-electron chi connectivity index (χ4n) is 2.00. The Morgan fingerprint density at radius 3 is 2.53 bits per heavy atom. The number of halogens is 2. The normalized spacial score (nSPS) is 10.7. The second-order valence-electron chi connectivity index (χ2n) is 4.49. The number of benzene rings is 2. The van der Waals surface area contributed by atoms with Gasteiger partial charge < -0.3 is 5.32 Å². The summed E-state index contributed by atoms with van der Waals surface area (Å²) < 4.78 is 14.5. The van der Waals surface area contributed by atoms with E-state index in [1.807, 2.05) is 30.3 Å². The quantitative estimate of drug-likeness (QED) is 0.783. The van der Waals surface area contributed by atoms with Gasteiger partial charge in [-0.25, -0.2) is 4.39 Å². The molecule has 0 bridgehead atoms. The minimum absolute atomic E-state index is 0.197. The van der Waals surface area contributed by atoms with Crippen molar-refractivity contribution in [2.24, 2.45) is 0 Å². The van der Waals surface area contributed by atoms with Gasteiger partial charge in [0.05, 0.1) is 0 Å². The number of nitrogens with one attached hydrogen (secondary N) is 1. The van der Waals surface area contributed by atoms with E-state index in [1.54, 1.807) is 6.07 Å². The molecule has 2 rings (SSSR count). The molecular formula is C16H17BrFN. The number of rotatable bonds is 5. The maximum Gasteiger partial charge on any atom is 0.123 e. The highest BCUT2D eigenvalue weighted by Gasteiger charge is 2.06. The largest absolute Gasteiger partial charge is 0.313 e. The average Bonchev–Trinajstić information content (AvgIpc) is 2.41. The van der Waals surface area contributed by atoms with Crippen LogP contribution in [0.3, 0.4) is 0 Å². The molecule has 2 aromatic rings. The molecule has 0 heterocycles. The van der Waals surface area contributed by atoms with E-state index in [1.165, 1.54) is 6.07 Å². The molecule has 100 valence electrons. The lowest BCUT2D eigenvalue weighted by molar-refractivity contribution is 0.625. The van der Waals surface area contributed by atoms with Crippen molar-refractivity contribution in [1.29, 1.82) is 0 Å². The van der Waals surface area contributed by atoms with Crippen molar-refractivity contribution in [2.45, 2.75) is 19.9 Å². The smallest absolute Gasteiger partial charge is 0.123 e. The SMILES string of the molecule is CCCNCc1ccc(F)cc1-c1ccc(Br)cc1. The summed E-state index contributed by atoms with van der Waals surface area (Å²) in [6.45, 7) is 3.87. The van der Waals surface area contributed by atoms with Crippen LogP contribution >= 0.6 is 15.9 Å². The minimum atomic E-state index is -0.197. The van der Waals surface area contributed by atoms with Gasteiger partial charge in [-0.3, -0.25) is 0 Å². The van der Waals surface area contributed by atoms with Crippen molar-refractivity contribution >= 4 is 15.9 Å². The lowest BCUT2D eigenvalue weighted by Gasteiger charge is -2.11. The third kappa shape index (κ3) is 3.88. The first-order valence-electron chi connectivity index (χ1n) is 6.46. The maximum atomic E-state index is 13.5. The van der Waals surface area contributed by atoms with Crippen LogP contribution in [0.2, 0.25) is 0 Å². The van der Waals surface area contributed by atoms with Crippen LogP contribution in [-0.4, -0.2) is 6.54 Å². The van der Waals surface area contributed by atoms with E-state index in [9.17, 15) is 4.39 Å². The predicted molar refractivity (Wildman–Crippen MR) is 81.5 cm³/mol. The summed E-state index contributed by atoms with van der Waals surface area (Å²) in [5.74, 6) is -0.197. The summed E-state index contributed by atoms with van der Waals surface area (Å²) in [6.07, 6.45) is 1.09. The highest BCUT2D eigenvalue weighted by Crippen LogP contribution is 2.26. The minimum Gasteiger partial charge on any atom is -0.313 e. The maximum absolute atomic E-state index is 13.5. The zero-order chi connectivity index (χ0) is 13.7. The first-order valence-corrected chi connectivity index (χ1v) is 7.25. The zero-order valence-electron chi connectivity index (χ0n) is 10.9. The fourth-order valence-corrected chi connectivity index (χ4v) is 2.27. The van der Waals surface area contributed by atoms with E-state index in [2.05, 4.69) is 28.2 Å². The highest BCUT2D eigenvalue weighted by atomic mass is 79.9. The second-order valence-corrected chi connectivity index (χ2v) is 5.40. The molecular weight excluding hydrogens is 305 g/mol. The second kappa shape index (κ2) is 6.83. The Kier molecular flexibility index (Phi) is 5.11. The molecule has 0 aliphatic rings. The Bertz CT molecular complexity index is 537. The van der Waals surface area contributed by atoms with Crippen molar-refractivity contribution in [3.05, 3.63) is 58.3 Å².